The third-order valence-corrected chi connectivity index (χ3v) is 4.25. The normalized spacial score (nSPS) is 14.3. The Morgan fingerprint density at radius 3 is 2.16 bits per heavy atom. The van der Waals surface area contributed by atoms with Crippen molar-refractivity contribution < 1.29 is 14.3 Å². The van der Waals surface area contributed by atoms with Crippen LogP contribution in [0.5, 0.6) is 11.5 Å². The van der Waals surface area contributed by atoms with E-state index in [4.69, 9.17) is 9.47 Å². The van der Waals surface area contributed by atoms with Crippen molar-refractivity contribution in [2.75, 3.05) is 44.3 Å². The first-order valence-corrected chi connectivity index (χ1v) is 8.69. The number of para-hydroxylation sites is 1. The minimum Gasteiger partial charge on any atom is -0.494 e. The van der Waals surface area contributed by atoms with Crippen molar-refractivity contribution in [2.45, 2.75) is 6.92 Å². The van der Waals surface area contributed by atoms with Gasteiger partial charge < -0.3 is 19.3 Å². The summed E-state index contributed by atoms with van der Waals surface area (Å²) < 4.78 is 11.0. The number of carbonyl (C=O) groups is 1. The third-order valence-electron chi connectivity index (χ3n) is 4.25. The average Bonchev–Trinajstić information content (AvgIpc) is 2.68. The summed E-state index contributed by atoms with van der Waals surface area (Å²) in [5.41, 5.74) is 1.16. The first-order valence-electron chi connectivity index (χ1n) is 8.69. The second-order valence-corrected chi connectivity index (χ2v) is 5.90. The summed E-state index contributed by atoms with van der Waals surface area (Å²) in [4.78, 5) is 16.5. The Balaban J connectivity index is 1.47. The van der Waals surface area contributed by atoms with Crippen LogP contribution in [-0.4, -0.2) is 50.2 Å². The average molecular weight is 340 g/mol. The molecule has 1 aliphatic heterocycles. The molecule has 1 aliphatic rings. The summed E-state index contributed by atoms with van der Waals surface area (Å²) >= 11 is 0. The SMILES string of the molecule is CCOc1ccc(N2CCN(C(=O)COc3ccccc3)CC2)cc1. The van der Waals surface area contributed by atoms with Crippen molar-refractivity contribution in [2.24, 2.45) is 0 Å². The van der Waals surface area contributed by atoms with Crippen molar-refractivity contribution in [3.05, 3.63) is 54.6 Å². The number of amides is 1. The minimum atomic E-state index is 0.0372. The molecule has 1 amide bonds. The number of piperazine rings is 1. The van der Waals surface area contributed by atoms with Crippen LogP contribution >= 0.6 is 0 Å². The molecule has 0 aromatic heterocycles. The first kappa shape index (κ1) is 17.1. The summed E-state index contributed by atoms with van der Waals surface area (Å²) in [6.45, 7) is 5.81. The first-order chi connectivity index (χ1) is 12.3. The molecule has 0 radical (unpaired) electrons. The molecule has 1 saturated heterocycles. The highest BCUT2D eigenvalue weighted by Gasteiger charge is 2.21. The van der Waals surface area contributed by atoms with E-state index < -0.39 is 0 Å². The van der Waals surface area contributed by atoms with Gasteiger partial charge in [0.25, 0.3) is 5.91 Å². The van der Waals surface area contributed by atoms with Crippen LogP contribution in [0.15, 0.2) is 54.6 Å². The highest BCUT2D eigenvalue weighted by atomic mass is 16.5. The van der Waals surface area contributed by atoms with Crippen LogP contribution in [0.4, 0.5) is 5.69 Å². The Morgan fingerprint density at radius 2 is 1.52 bits per heavy atom. The van der Waals surface area contributed by atoms with Gasteiger partial charge in [-0.15, -0.1) is 0 Å². The Labute approximate surface area is 148 Å². The quantitative estimate of drug-likeness (QED) is 0.811. The molecule has 3 rings (SSSR count). The van der Waals surface area contributed by atoms with Gasteiger partial charge in [-0.1, -0.05) is 18.2 Å². The van der Waals surface area contributed by atoms with E-state index in [9.17, 15) is 4.79 Å². The van der Waals surface area contributed by atoms with Crippen LogP contribution in [0.2, 0.25) is 0 Å². The summed E-state index contributed by atoms with van der Waals surface area (Å²) in [5.74, 6) is 1.65. The number of nitrogens with zero attached hydrogens (tertiary/aromatic N) is 2. The van der Waals surface area contributed by atoms with Crippen molar-refractivity contribution in [3.8, 4) is 11.5 Å². The van der Waals surface area contributed by atoms with Crippen LogP contribution < -0.4 is 14.4 Å². The largest absolute Gasteiger partial charge is 0.494 e. The molecule has 0 bridgehead atoms. The Hall–Kier alpha value is -2.69. The second-order valence-electron chi connectivity index (χ2n) is 5.90. The summed E-state index contributed by atoms with van der Waals surface area (Å²) in [6, 6.07) is 17.6. The molecule has 25 heavy (non-hydrogen) atoms. The fourth-order valence-electron chi connectivity index (χ4n) is 2.89. The van der Waals surface area contributed by atoms with Gasteiger partial charge in [-0.25, -0.2) is 0 Å². The molecular formula is C20H24N2O3. The topological polar surface area (TPSA) is 42.0 Å². The molecule has 0 unspecified atom stereocenters. The lowest BCUT2D eigenvalue weighted by Gasteiger charge is -2.36. The summed E-state index contributed by atoms with van der Waals surface area (Å²) in [7, 11) is 0. The fraction of sp³-hybridized carbons (Fsp3) is 0.350. The van der Waals surface area contributed by atoms with Gasteiger partial charge in [0.1, 0.15) is 11.5 Å². The molecule has 5 nitrogen and oxygen atoms in total. The van der Waals surface area contributed by atoms with Gasteiger partial charge in [0.05, 0.1) is 6.61 Å². The van der Waals surface area contributed by atoms with E-state index in [0.29, 0.717) is 19.7 Å². The van der Waals surface area contributed by atoms with E-state index in [1.165, 1.54) is 0 Å². The van der Waals surface area contributed by atoms with E-state index >= 15 is 0 Å². The molecule has 2 aromatic carbocycles. The predicted molar refractivity (Wildman–Crippen MR) is 98.3 cm³/mol. The lowest BCUT2D eigenvalue weighted by Crippen LogP contribution is -2.50. The third kappa shape index (κ3) is 4.66. The number of benzene rings is 2. The highest BCUT2D eigenvalue weighted by Crippen LogP contribution is 2.21. The summed E-state index contributed by atoms with van der Waals surface area (Å²) in [5, 5.41) is 0. The Kier molecular flexibility index (Phi) is 5.77. The zero-order chi connectivity index (χ0) is 17.5. The number of carbonyl (C=O) groups excluding carboxylic acids is 1. The zero-order valence-electron chi connectivity index (χ0n) is 14.6. The number of anilines is 1. The number of rotatable bonds is 6. The van der Waals surface area contributed by atoms with Crippen LogP contribution in [0, 0.1) is 0 Å². The number of hydrogen-bond acceptors (Lipinski definition) is 4. The van der Waals surface area contributed by atoms with Gasteiger partial charge >= 0.3 is 0 Å². The van der Waals surface area contributed by atoms with Gasteiger partial charge in [0.15, 0.2) is 6.61 Å². The van der Waals surface area contributed by atoms with Gasteiger partial charge in [0.2, 0.25) is 0 Å². The van der Waals surface area contributed by atoms with Crippen LogP contribution in [0.25, 0.3) is 0 Å². The zero-order valence-corrected chi connectivity index (χ0v) is 14.6. The maximum absolute atomic E-state index is 12.3. The fourth-order valence-corrected chi connectivity index (χ4v) is 2.89. The van der Waals surface area contributed by atoms with Gasteiger partial charge in [-0.05, 0) is 43.3 Å². The second kappa shape index (κ2) is 8.42. The van der Waals surface area contributed by atoms with Crippen molar-refractivity contribution >= 4 is 11.6 Å². The van der Waals surface area contributed by atoms with Crippen LogP contribution in [0.3, 0.4) is 0 Å². The monoisotopic (exact) mass is 340 g/mol. The van der Waals surface area contributed by atoms with E-state index in [2.05, 4.69) is 17.0 Å². The molecule has 1 heterocycles. The van der Waals surface area contributed by atoms with Gasteiger partial charge in [-0.2, -0.15) is 0 Å². The maximum atomic E-state index is 12.3. The Morgan fingerprint density at radius 1 is 0.880 bits per heavy atom. The van der Waals surface area contributed by atoms with Gasteiger partial charge in [-0.3, -0.25) is 4.79 Å². The molecule has 2 aromatic rings. The minimum absolute atomic E-state index is 0.0372. The lowest BCUT2D eigenvalue weighted by atomic mass is 10.2. The van der Waals surface area contributed by atoms with Crippen molar-refractivity contribution in [1.82, 2.24) is 4.90 Å². The molecule has 0 saturated carbocycles. The molecular weight excluding hydrogens is 316 g/mol. The van der Waals surface area contributed by atoms with Crippen LogP contribution in [0.1, 0.15) is 6.92 Å². The number of hydrogen-bond donors (Lipinski definition) is 0. The highest BCUT2D eigenvalue weighted by molar-refractivity contribution is 5.78. The molecule has 0 atom stereocenters. The molecule has 1 fully saturated rings. The standard InChI is InChI=1S/C20H24N2O3/c1-2-24-19-10-8-17(9-11-19)21-12-14-22(15-13-21)20(23)16-25-18-6-4-3-5-7-18/h3-11H,2,12-16H2,1H3. The molecule has 132 valence electrons. The van der Waals surface area contributed by atoms with E-state index in [0.717, 1.165) is 30.3 Å². The van der Waals surface area contributed by atoms with Crippen molar-refractivity contribution in [1.29, 1.82) is 0 Å². The van der Waals surface area contributed by atoms with E-state index in [-0.39, 0.29) is 12.5 Å². The van der Waals surface area contributed by atoms with Gasteiger partial charge in [0, 0.05) is 31.9 Å². The predicted octanol–water partition coefficient (Wildman–Crippen LogP) is 2.81. The van der Waals surface area contributed by atoms with E-state index in [1.54, 1.807) is 0 Å². The van der Waals surface area contributed by atoms with Crippen molar-refractivity contribution in [3.63, 3.8) is 0 Å². The number of ether oxygens (including phenoxy) is 2. The van der Waals surface area contributed by atoms with Crippen LogP contribution in [-0.2, 0) is 4.79 Å². The van der Waals surface area contributed by atoms with E-state index in [1.807, 2.05) is 54.3 Å². The summed E-state index contributed by atoms with van der Waals surface area (Å²) in [6.07, 6.45) is 0. The molecule has 0 N–H and O–H groups in total. The maximum Gasteiger partial charge on any atom is 0.260 e. The smallest absolute Gasteiger partial charge is 0.260 e. The molecule has 0 aliphatic carbocycles. The lowest BCUT2D eigenvalue weighted by molar-refractivity contribution is -0.133. The molecule has 0 spiro atoms. The molecule has 5 heteroatoms. The Bertz CT molecular complexity index is 665.